The van der Waals surface area contributed by atoms with Gasteiger partial charge in [-0.15, -0.1) is 10.2 Å². The molecule has 4 heterocycles. The minimum atomic E-state index is 0.611. The molecule has 5 rings (SSSR count). The van der Waals surface area contributed by atoms with Gasteiger partial charge >= 0.3 is 0 Å². The van der Waals surface area contributed by atoms with Crippen molar-refractivity contribution in [3.8, 4) is 17.2 Å². The SMILES string of the molecule is Cc1nn(-c2ccccc2)c(C)c1CCc1nn2c(-c3cnccn3)nnc2s1. The summed E-state index contributed by atoms with van der Waals surface area (Å²) in [5.41, 5.74) is 5.21. The molecule has 5 aromatic rings. The van der Waals surface area contributed by atoms with Gasteiger partial charge in [0.15, 0.2) is 0 Å². The van der Waals surface area contributed by atoms with E-state index in [1.807, 2.05) is 22.9 Å². The molecule has 0 fully saturated rings. The molecule has 0 atom stereocenters. The second-order valence-corrected chi connectivity index (χ2v) is 7.74. The third-order valence-electron chi connectivity index (χ3n) is 4.86. The summed E-state index contributed by atoms with van der Waals surface area (Å²) in [7, 11) is 0. The maximum atomic E-state index is 4.74. The van der Waals surface area contributed by atoms with Crippen LogP contribution in [0.15, 0.2) is 48.9 Å². The van der Waals surface area contributed by atoms with Crippen LogP contribution in [0.5, 0.6) is 0 Å². The van der Waals surface area contributed by atoms with Crippen LogP contribution < -0.4 is 0 Å². The van der Waals surface area contributed by atoms with Crippen molar-refractivity contribution in [1.29, 1.82) is 0 Å². The molecule has 0 spiro atoms. The molecule has 4 aromatic heterocycles. The molecule has 144 valence electrons. The lowest BCUT2D eigenvalue weighted by molar-refractivity contribution is 0.829. The first-order valence-electron chi connectivity index (χ1n) is 9.29. The Morgan fingerprint density at radius 2 is 1.83 bits per heavy atom. The number of nitrogens with zero attached hydrogens (tertiary/aromatic N) is 8. The van der Waals surface area contributed by atoms with Gasteiger partial charge in [-0.1, -0.05) is 29.5 Å². The van der Waals surface area contributed by atoms with Gasteiger partial charge in [-0.3, -0.25) is 4.98 Å². The van der Waals surface area contributed by atoms with Gasteiger partial charge < -0.3 is 0 Å². The summed E-state index contributed by atoms with van der Waals surface area (Å²) in [5.74, 6) is 0.611. The molecule has 1 aromatic carbocycles. The second-order valence-electron chi connectivity index (χ2n) is 6.70. The van der Waals surface area contributed by atoms with Gasteiger partial charge in [0.25, 0.3) is 0 Å². The fraction of sp³-hybridized carbons (Fsp3) is 0.200. The maximum Gasteiger partial charge on any atom is 0.235 e. The monoisotopic (exact) mass is 402 g/mol. The Bertz CT molecular complexity index is 1270. The van der Waals surface area contributed by atoms with Gasteiger partial charge in [0, 0.05) is 24.5 Å². The number of rotatable bonds is 5. The smallest absolute Gasteiger partial charge is 0.235 e. The van der Waals surface area contributed by atoms with Gasteiger partial charge in [-0.05, 0) is 38.0 Å². The van der Waals surface area contributed by atoms with Gasteiger partial charge in [-0.2, -0.15) is 14.7 Å². The molecule has 0 aliphatic carbocycles. The Balaban J connectivity index is 1.40. The molecule has 0 unspecified atom stereocenters. The second kappa shape index (κ2) is 7.17. The van der Waals surface area contributed by atoms with Crippen molar-refractivity contribution in [2.45, 2.75) is 26.7 Å². The average Bonchev–Trinajstić information content (AvgIpc) is 3.41. The van der Waals surface area contributed by atoms with E-state index in [0.29, 0.717) is 11.5 Å². The van der Waals surface area contributed by atoms with Crippen LogP contribution in [0.25, 0.3) is 22.2 Å². The molecule has 29 heavy (non-hydrogen) atoms. The minimum Gasteiger partial charge on any atom is -0.261 e. The predicted octanol–water partition coefficient (Wildman–Crippen LogP) is 3.23. The molecule has 8 nitrogen and oxygen atoms in total. The van der Waals surface area contributed by atoms with Gasteiger partial charge in [0.2, 0.25) is 10.8 Å². The summed E-state index contributed by atoms with van der Waals surface area (Å²) in [6.07, 6.45) is 6.62. The Kier molecular flexibility index (Phi) is 4.36. The number of benzene rings is 1. The molecular weight excluding hydrogens is 384 g/mol. The van der Waals surface area contributed by atoms with Crippen LogP contribution in [0.4, 0.5) is 0 Å². The molecule has 0 aliphatic rings. The fourth-order valence-corrected chi connectivity index (χ4v) is 4.25. The summed E-state index contributed by atoms with van der Waals surface area (Å²) >= 11 is 1.55. The molecule has 0 saturated carbocycles. The zero-order valence-corrected chi connectivity index (χ0v) is 16.8. The van der Waals surface area contributed by atoms with E-state index in [9.17, 15) is 0 Å². The number of para-hydroxylation sites is 1. The van der Waals surface area contributed by atoms with E-state index in [4.69, 9.17) is 10.2 Å². The van der Waals surface area contributed by atoms with Gasteiger partial charge in [0.05, 0.1) is 17.6 Å². The molecule has 0 bridgehead atoms. The number of hydrogen-bond acceptors (Lipinski definition) is 7. The third-order valence-corrected chi connectivity index (χ3v) is 5.81. The normalized spacial score (nSPS) is 11.4. The highest BCUT2D eigenvalue weighted by molar-refractivity contribution is 7.16. The predicted molar refractivity (Wildman–Crippen MR) is 110 cm³/mol. The number of hydrogen-bond donors (Lipinski definition) is 0. The van der Waals surface area contributed by atoms with E-state index in [0.717, 1.165) is 39.9 Å². The molecule has 0 radical (unpaired) electrons. The highest BCUT2D eigenvalue weighted by Crippen LogP contribution is 2.23. The molecular formula is C20H18N8S. The van der Waals surface area contributed by atoms with Crippen molar-refractivity contribution >= 4 is 16.3 Å². The topological polar surface area (TPSA) is 86.7 Å². The minimum absolute atomic E-state index is 0.611. The van der Waals surface area contributed by atoms with Crippen LogP contribution in [0.1, 0.15) is 22.0 Å². The van der Waals surface area contributed by atoms with Gasteiger partial charge in [0.1, 0.15) is 10.7 Å². The summed E-state index contributed by atoms with van der Waals surface area (Å²) in [4.78, 5) is 9.15. The summed E-state index contributed by atoms with van der Waals surface area (Å²) in [5, 5.41) is 18.9. The van der Waals surface area contributed by atoms with Crippen molar-refractivity contribution in [3.63, 3.8) is 0 Å². The Morgan fingerprint density at radius 1 is 0.966 bits per heavy atom. The van der Waals surface area contributed by atoms with Crippen molar-refractivity contribution < 1.29 is 0 Å². The number of fused-ring (bicyclic) bond motifs is 1. The maximum absolute atomic E-state index is 4.74. The molecule has 9 heteroatoms. The van der Waals surface area contributed by atoms with E-state index in [1.54, 1.807) is 34.4 Å². The standard InChI is InChI=1S/C20H18N8S/c1-13-16(14(2)27(25-13)15-6-4-3-5-7-15)8-9-18-26-28-19(23-24-20(28)29-18)17-12-21-10-11-22-17/h3-7,10-12H,8-9H2,1-2H3. The summed E-state index contributed by atoms with van der Waals surface area (Å²) < 4.78 is 3.76. The van der Waals surface area contributed by atoms with Crippen LogP contribution in [0.2, 0.25) is 0 Å². The van der Waals surface area contributed by atoms with E-state index >= 15 is 0 Å². The number of aromatic nitrogens is 8. The Hall–Kier alpha value is -3.46. The van der Waals surface area contributed by atoms with Crippen LogP contribution >= 0.6 is 11.3 Å². The van der Waals surface area contributed by atoms with E-state index in [-0.39, 0.29) is 0 Å². The Labute approximate surface area is 170 Å². The van der Waals surface area contributed by atoms with Gasteiger partial charge in [-0.25, -0.2) is 9.67 Å². The van der Waals surface area contributed by atoms with Crippen LogP contribution in [0, 0.1) is 13.8 Å². The van der Waals surface area contributed by atoms with E-state index in [2.05, 4.69) is 46.1 Å². The van der Waals surface area contributed by atoms with Crippen LogP contribution in [-0.4, -0.2) is 39.6 Å². The first kappa shape index (κ1) is 17.6. The fourth-order valence-electron chi connectivity index (χ4n) is 3.42. The lowest BCUT2D eigenvalue weighted by atomic mass is 10.1. The first-order valence-corrected chi connectivity index (χ1v) is 10.1. The third kappa shape index (κ3) is 3.19. The zero-order valence-electron chi connectivity index (χ0n) is 16.0. The van der Waals surface area contributed by atoms with Crippen molar-refractivity contribution in [3.05, 3.63) is 70.9 Å². The number of aryl methyl sites for hydroxylation is 2. The first-order chi connectivity index (χ1) is 14.2. The summed E-state index contributed by atoms with van der Waals surface area (Å²) in [6, 6.07) is 10.2. The lowest BCUT2D eigenvalue weighted by Gasteiger charge is -2.04. The molecule has 0 aliphatic heterocycles. The molecule has 0 saturated heterocycles. The van der Waals surface area contributed by atoms with Crippen molar-refractivity contribution in [2.24, 2.45) is 0 Å². The molecule has 0 amide bonds. The highest BCUT2D eigenvalue weighted by atomic mass is 32.1. The Morgan fingerprint density at radius 3 is 2.62 bits per heavy atom. The summed E-state index contributed by atoms with van der Waals surface area (Å²) in [6.45, 7) is 4.18. The molecule has 0 N–H and O–H groups in total. The zero-order chi connectivity index (χ0) is 19.8. The lowest BCUT2D eigenvalue weighted by Crippen LogP contribution is -2.00. The quantitative estimate of drug-likeness (QED) is 0.449. The van der Waals surface area contributed by atoms with Crippen LogP contribution in [-0.2, 0) is 12.8 Å². The largest absolute Gasteiger partial charge is 0.261 e. The van der Waals surface area contributed by atoms with Crippen LogP contribution in [0.3, 0.4) is 0 Å². The van der Waals surface area contributed by atoms with Crippen molar-refractivity contribution in [1.82, 2.24) is 39.6 Å². The van der Waals surface area contributed by atoms with E-state index < -0.39 is 0 Å². The van der Waals surface area contributed by atoms with Crippen molar-refractivity contribution in [2.75, 3.05) is 0 Å². The highest BCUT2D eigenvalue weighted by Gasteiger charge is 2.17. The average molecular weight is 402 g/mol. The van der Waals surface area contributed by atoms with E-state index in [1.165, 1.54) is 5.56 Å².